The molecular weight excluding hydrogens is 359 g/mol. The molecule has 3 rings (SSSR count). The Hall–Kier alpha value is -3.18. The van der Waals surface area contributed by atoms with Gasteiger partial charge in [-0.1, -0.05) is 17.9 Å². The van der Waals surface area contributed by atoms with Crippen LogP contribution in [0, 0.1) is 17.7 Å². The number of halogens is 1. The van der Waals surface area contributed by atoms with Crippen LogP contribution in [0.15, 0.2) is 47.4 Å². The number of carbonyl (C=O) groups is 2. The van der Waals surface area contributed by atoms with Gasteiger partial charge in [0.2, 0.25) is 0 Å². The van der Waals surface area contributed by atoms with Crippen molar-refractivity contribution >= 4 is 21.8 Å². The van der Waals surface area contributed by atoms with Gasteiger partial charge in [0.1, 0.15) is 10.7 Å². The van der Waals surface area contributed by atoms with E-state index in [0.717, 1.165) is 0 Å². The average molecular weight is 372 g/mol. The summed E-state index contributed by atoms with van der Waals surface area (Å²) in [5, 5.41) is 2.53. The topological polar surface area (TPSA) is 83.6 Å². The lowest BCUT2D eigenvalue weighted by Crippen LogP contribution is -2.25. The van der Waals surface area contributed by atoms with Gasteiger partial charge in [-0.15, -0.1) is 0 Å². The number of sulfonamides is 1. The third kappa shape index (κ3) is 3.17. The molecule has 0 atom stereocenters. The van der Waals surface area contributed by atoms with E-state index in [1.807, 2.05) is 0 Å². The summed E-state index contributed by atoms with van der Waals surface area (Å²) in [5.74, 6) is 3.83. The molecule has 2 aromatic carbocycles. The Morgan fingerprint density at radius 3 is 2.73 bits per heavy atom. The van der Waals surface area contributed by atoms with E-state index in [4.69, 9.17) is 0 Å². The molecule has 1 aliphatic rings. The number of benzene rings is 2. The largest absolute Gasteiger partial charge is 0.341 e. The molecule has 2 amide bonds. The minimum atomic E-state index is -3.91. The number of nitrogens with one attached hydrogen (secondary N) is 1. The molecule has 1 aliphatic heterocycles. The van der Waals surface area contributed by atoms with Crippen LogP contribution in [0.3, 0.4) is 0 Å². The van der Waals surface area contributed by atoms with E-state index in [1.165, 1.54) is 43.4 Å². The maximum Gasteiger partial charge on any atom is 0.268 e. The van der Waals surface area contributed by atoms with Crippen LogP contribution < -0.4 is 5.32 Å². The zero-order chi connectivity index (χ0) is 18.9. The lowest BCUT2D eigenvalue weighted by molar-refractivity contribution is 0.0889. The van der Waals surface area contributed by atoms with Crippen LogP contribution in [0.5, 0.6) is 0 Å². The second kappa shape index (κ2) is 6.61. The Morgan fingerprint density at radius 2 is 2.00 bits per heavy atom. The van der Waals surface area contributed by atoms with Crippen molar-refractivity contribution in [3.8, 4) is 11.8 Å². The van der Waals surface area contributed by atoms with Crippen molar-refractivity contribution in [2.24, 2.45) is 0 Å². The minimum Gasteiger partial charge on any atom is -0.341 e. The van der Waals surface area contributed by atoms with Crippen molar-refractivity contribution in [1.29, 1.82) is 0 Å². The van der Waals surface area contributed by atoms with Gasteiger partial charge in [-0.25, -0.2) is 17.1 Å². The molecule has 1 heterocycles. The molecule has 0 radical (unpaired) electrons. The van der Waals surface area contributed by atoms with Crippen LogP contribution in [-0.4, -0.2) is 38.1 Å². The van der Waals surface area contributed by atoms with Gasteiger partial charge in [-0.05, 0) is 36.4 Å². The van der Waals surface area contributed by atoms with Crippen molar-refractivity contribution in [2.45, 2.75) is 4.90 Å². The molecule has 0 unspecified atom stereocenters. The molecule has 132 valence electrons. The molecular formula is C18H13FN2O4S. The maximum atomic E-state index is 13.0. The second-order valence-electron chi connectivity index (χ2n) is 5.48. The van der Waals surface area contributed by atoms with Crippen LogP contribution in [-0.2, 0) is 10.0 Å². The van der Waals surface area contributed by atoms with Gasteiger partial charge in [-0.2, -0.15) is 0 Å². The lowest BCUT2D eigenvalue weighted by atomic mass is 10.1. The Balaban J connectivity index is 1.73. The Bertz CT molecular complexity index is 1080. The zero-order valence-corrected chi connectivity index (χ0v) is 14.4. The SMILES string of the molecule is CN1C(=O)c2ccc(C(=O)NCC#Cc3cccc(F)c3)cc2S1(=O)=O. The van der Waals surface area contributed by atoms with Gasteiger partial charge < -0.3 is 5.32 Å². The molecule has 0 saturated carbocycles. The molecule has 1 N–H and O–H groups in total. The summed E-state index contributed by atoms with van der Waals surface area (Å²) >= 11 is 0. The summed E-state index contributed by atoms with van der Waals surface area (Å²) in [6.07, 6.45) is 0. The molecule has 6 nitrogen and oxygen atoms in total. The van der Waals surface area contributed by atoms with E-state index < -0.39 is 27.7 Å². The highest BCUT2D eigenvalue weighted by molar-refractivity contribution is 7.90. The molecule has 8 heteroatoms. The lowest BCUT2D eigenvalue weighted by Gasteiger charge is -2.06. The smallest absolute Gasteiger partial charge is 0.268 e. The first kappa shape index (κ1) is 17.6. The van der Waals surface area contributed by atoms with Gasteiger partial charge in [-0.3, -0.25) is 9.59 Å². The molecule has 0 fully saturated rings. The monoisotopic (exact) mass is 372 g/mol. The zero-order valence-electron chi connectivity index (χ0n) is 13.6. The molecule has 0 saturated heterocycles. The second-order valence-corrected chi connectivity index (χ2v) is 7.42. The number of hydrogen-bond donors (Lipinski definition) is 1. The summed E-state index contributed by atoms with van der Waals surface area (Å²) in [7, 11) is -2.75. The van der Waals surface area contributed by atoms with Gasteiger partial charge in [0.25, 0.3) is 21.8 Å². The van der Waals surface area contributed by atoms with Gasteiger partial charge in [0, 0.05) is 18.2 Å². The average Bonchev–Trinajstić information content (AvgIpc) is 2.79. The third-order valence-electron chi connectivity index (χ3n) is 3.79. The first-order valence-electron chi connectivity index (χ1n) is 7.50. The highest BCUT2D eigenvalue weighted by Crippen LogP contribution is 2.29. The summed E-state index contributed by atoms with van der Waals surface area (Å²) in [6, 6.07) is 9.59. The first-order valence-corrected chi connectivity index (χ1v) is 8.94. The number of rotatable bonds is 2. The van der Waals surface area contributed by atoms with E-state index in [2.05, 4.69) is 17.2 Å². The number of amides is 2. The first-order chi connectivity index (χ1) is 12.3. The molecule has 0 aliphatic carbocycles. The molecule has 26 heavy (non-hydrogen) atoms. The minimum absolute atomic E-state index is 0.00197. The van der Waals surface area contributed by atoms with E-state index in [-0.39, 0.29) is 22.6 Å². The summed E-state index contributed by atoms with van der Waals surface area (Å²) in [6.45, 7) is -0.00197. The van der Waals surface area contributed by atoms with E-state index in [9.17, 15) is 22.4 Å². The summed E-state index contributed by atoms with van der Waals surface area (Å²) in [5.41, 5.74) is 0.613. The highest BCUT2D eigenvalue weighted by atomic mass is 32.2. The van der Waals surface area contributed by atoms with Gasteiger partial charge in [0.15, 0.2) is 0 Å². The van der Waals surface area contributed by atoms with Crippen molar-refractivity contribution in [2.75, 3.05) is 13.6 Å². The number of nitrogens with zero attached hydrogens (tertiary/aromatic N) is 1. The van der Waals surface area contributed by atoms with E-state index in [1.54, 1.807) is 6.07 Å². The Labute approximate surface area is 149 Å². The number of hydrogen-bond acceptors (Lipinski definition) is 4. The summed E-state index contributed by atoms with van der Waals surface area (Å²) in [4.78, 5) is 23.8. The number of fused-ring (bicyclic) bond motifs is 1. The number of carbonyl (C=O) groups excluding carboxylic acids is 2. The predicted molar refractivity (Wildman–Crippen MR) is 91.3 cm³/mol. The van der Waals surface area contributed by atoms with Gasteiger partial charge in [0.05, 0.1) is 12.1 Å². The quantitative estimate of drug-likeness (QED) is 0.808. The van der Waals surface area contributed by atoms with Crippen LogP contribution in [0.1, 0.15) is 26.3 Å². The van der Waals surface area contributed by atoms with Crippen LogP contribution in [0.25, 0.3) is 0 Å². The van der Waals surface area contributed by atoms with Crippen molar-refractivity contribution in [3.63, 3.8) is 0 Å². The molecule has 0 bridgehead atoms. The van der Waals surface area contributed by atoms with Crippen molar-refractivity contribution in [1.82, 2.24) is 9.62 Å². The predicted octanol–water partition coefficient (Wildman–Crippen LogP) is 1.38. The normalized spacial score (nSPS) is 14.4. The van der Waals surface area contributed by atoms with E-state index >= 15 is 0 Å². The molecule has 0 spiro atoms. The van der Waals surface area contributed by atoms with Crippen LogP contribution >= 0.6 is 0 Å². The molecule has 0 aromatic heterocycles. The fourth-order valence-electron chi connectivity index (χ4n) is 2.42. The van der Waals surface area contributed by atoms with Crippen LogP contribution in [0.4, 0.5) is 4.39 Å². The van der Waals surface area contributed by atoms with Crippen molar-refractivity contribution < 1.29 is 22.4 Å². The maximum absolute atomic E-state index is 13.0. The molecule has 2 aromatic rings. The van der Waals surface area contributed by atoms with Gasteiger partial charge >= 0.3 is 0 Å². The third-order valence-corrected chi connectivity index (χ3v) is 5.57. The highest BCUT2D eigenvalue weighted by Gasteiger charge is 2.38. The Kier molecular flexibility index (Phi) is 4.49. The Morgan fingerprint density at radius 1 is 1.23 bits per heavy atom. The standard InChI is InChI=1S/C18H13FN2O4S/c1-21-18(23)15-8-7-13(11-16(15)26(21,24)25)17(22)20-9-3-5-12-4-2-6-14(19)10-12/h2,4,6-8,10-11H,9H2,1H3,(H,20,22). The summed E-state index contributed by atoms with van der Waals surface area (Å²) < 4.78 is 38.0. The fourth-order valence-corrected chi connectivity index (χ4v) is 3.74. The van der Waals surface area contributed by atoms with Crippen molar-refractivity contribution in [3.05, 3.63) is 65.0 Å². The van der Waals surface area contributed by atoms with Crippen LogP contribution in [0.2, 0.25) is 0 Å². The fraction of sp³-hybridized carbons (Fsp3) is 0.111. The van der Waals surface area contributed by atoms with E-state index in [0.29, 0.717) is 9.87 Å².